The topological polar surface area (TPSA) is 45.0 Å². The molecule has 106 valence electrons. The summed E-state index contributed by atoms with van der Waals surface area (Å²) < 4.78 is 6.73. The van der Waals surface area contributed by atoms with E-state index in [0.717, 1.165) is 21.5 Å². The summed E-state index contributed by atoms with van der Waals surface area (Å²) >= 11 is 3.46. The van der Waals surface area contributed by atoms with Crippen LogP contribution in [0.4, 0.5) is 5.69 Å². The normalized spacial score (nSPS) is 20.0. The Labute approximate surface area is 132 Å². The van der Waals surface area contributed by atoms with Gasteiger partial charge < -0.3 is 10.1 Å². The van der Waals surface area contributed by atoms with Crippen LogP contribution >= 0.6 is 15.9 Å². The molecule has 1 N–H and O–H groups in total. The molecule has 0 aliphatic carbocycles. The average molecular weight is 343 g/mol. The highest BCUT2D eigenvalue weighted by Crippen LogP contribution is 2.38. The monoisotopic (exact) mass is 342 g/mol. The standard InChI is InChI=1S/C17H15BrN2O/c1-11-10-21-16-5-3-2-4-14(16)17(11)20-15-8-13(18)7-6-12(15)9-19/h2-8,11,17,20H,10H2,1H3. The van der Waals surface area contributed by atoms with Crippen LogP contribution in [0.1, 0.15) is 24.1 Å². The summed E-state index contributed by atoms with van der Waals surface area (Å²) in [6, 6.07) is 16.1. The van der Waals surface area contributed by atoms with Crippen molar-refractivity contribution < 1.29 is 4.74 Å². The van der Waals surface area contributed by atoms with Gasteiger partial charge in [-0.15, -0.1) is 0 Å². The van der Waals surface area contributed by atoms with E-state index in [1.54, 1.807) is 0 Å². The molecule has 4 heteroatoms. The summed E-state index contributed by atoms with van der Waals surface area (Å²) in [4.78, 5) is 0. The molecule has 0 saturated carbocycles. The summed E-state index contributed by atoms with van der Waals surface area (Å²) in [6.07, 6.45) is 0. The number of fused-ring (bicyclic) bond motifs is 1. The first-order valence-electron chi connectivity index (χ1n) is 6.87. The minimum Gasteiger partial charge on any atom is -0.493 e. The summed E-state index contributed by atoms with van der Waals surface area (Å²) in [5, 5.41) is 12.8. The third-order valence-electron chi connectivity index (χ3n) is 3.74. The molecule has 0 fully saturated rings. The third-order valence-corrected chi connectivity index (χ3v) is 4.23. The number of benzene rings is 2. The van der Waals surface area contributed by atoms with E-state index in [1.165, 1.54) is 0 Å². The van der Waals surface area contributed by atoms with Gasteiger partial charge in [0.05, 0.1) is 23.9 Å². The molecule has 3 rings (SSSR count). The number of hydrogen-bond donors (Lipinski definition) is 1. The van der Waals surface area contributed by atoms with Crippen molar-refractivity contribution in [3.05, 3.63) is 58.1 Å². The van der Waals surface area contributed by atoms with E-state index in [-0.39, 0.29) is 6.04 Å². The van der Waals surface area contributed by atoms with Crippen LogP contribution in [0.2, 0.25) is 0 Å². The average Bonchev–Trinajstić information content (AvgIpc) is 2.50. The molecule has 2 atom stereocenters. The Kier molecular flexibility index (Phi) is 3.85. The van der Waals surface area contributed by atoms with Crippen LogP contribution in [0.15, 0.2) is 46.9 Å². The molecular weight excluding hydrogens is 328 g/mol. The van der Waals surface area contributed by atoms with E-state index in [4.69, 9.17) is 4.74 Å². The Bertz CT molecular complexity index is 708. The maximum absolute atomic E-state index is 9.27. The van der Waals surface area contributed by atoms with Gasteiger partial charge in [0, 0.05) is 16.0 Å². The first-order chi connectivity index (χ1) is 10.2. The number of nitriles is 1. The van der Waals surface area contributed by atoms with Crippen molar-refractivity contribution in [2.24, 2.45) is 5.92 Å². The van der Waals surface area contributed by atoms with Gasteiger partial charge in [0.2, 0.25) is 0 Å². The Morgan fingerprint density at radius 1 is 1.29 bits per heavy atom. The Morgan fingerprint density at radius 3 is 2.90 bits per heavy atom. The van der Waals surface area contributed by atoms with E-state index in [9.17, 15) is 5.26 Å². The summed E-state index contributed by atoms with van der Waals surface area (Å²) in [7, 11) is 0. The first-order valence-corrected chi connectivity index (χ1v) is 7.66. The van der Waals surface area contributed by atoms with Crippen molar-refractivity contribution in [3.63, 3.8) is 0 Å². The molecule has 1 heterocycles. The highest BCUT2D eigenvalue weighted by Gasteiger charge is 2.28. The Hall–Kier alpha value is -1.99. The molecule has 2 unspecified atom stereocenters. The fraction of sp³-hybridized carbons (Fsp3) is 0.235. The third kappa shape index (κ3) is 2.74. The van der Waals surface area contributed by atoms with Crippen LogP contribution in [0.25, 0.3) is 0 Å². The molecule has 0 bridgehead atoms. The molecule has 1 aliphatic heterocycles. The van der Waals surface area contributed by atoms with Crippen LogP contribution in [0.5, 0.6) is 5.75 Å². The van der Waals surface area contributed by atoms with E-state index in [1.807, 2.05) is 36.4 Å². The minimum absolute atomic E-state index is 0.136. The first kappa shape index (κ1) is 14.0. The number of anilines is 1. The van der Waals surface area contributed by atoms with Crippen LogP contribution in [0, 0.1) is 17.2 Å². The molecular formula is C17H15BrN2O. The van der Waals surface area contributed by atoms with Gasteiger partial charge in [-0.25, -0.2) is 0 Å². The van der Waals surface area contributed by atoms with Gasteiger partial charge in [0.1, 0.15) is 11.8 Å². The Balaban J connectivity index is 1.98. The fourth-order valence-electron chi connectivity index (χ4n) is 2.61. The molecule has 0 spiro atoms. The van der Waals surface area contributed by atoms with Gasteiger partial charge in [-0.05, 0) is 24.3 Å². The second-order valence-corrected chi connectivity index (χ2v) is 6.17. The number of ether oxygens (including phenoxy) is 1. The quantitative estimate of drug-likeness (QED) is 0.873. The second kappa shape index (κ2) is 5.79. The lowest BCUT2D eigenvalue weighted by molar-refractivity contribution is 0.214. The minimum atomic E-state index is 0.136. The van der Waals surface area contributed by atoms with Gasteiger partial charge in [-0.2, -0.15) is 5.26 Å². The molecule has 0 amide bonds. The number of halogens is 1. The van der Waals surface area contributed by atoms with Gasteiger partial charge >= 0.3 is 0 Å². The summed E-state index contributed by atoms with van der Waals surface area (Å²) in [6.45, 7) is 2.82. The number of hydrogen-bond acceptors (Lipinski definition) is 3. The molecule has 0 saturated heterocycles. The molecule has 1 aliphatic rings. The number of nitrogens with one attached hydrogen (secondary N) is 1. The van der Waals surface area contributed by atoms with Crippen molar-refractivity contribution >= 4 is 21.6 Å². The maximum Gasteiger partial charge on any atom is 0.124 e. The molecule has 3 nitrogen and oxygen atoms in total. The van der Waals surface area contributed by atoms with Crippen LogP contribution in [0.3, 0.4) is 0 Å². The van der Waals surface area contributed by atoms with Gasteiger partial charge in [-0.1, -0.05) is 41.1 Å². The van der Waals surface area contributed by atoms with Crippen molar-refractivity contribution in [3.8, 4) is 11.8 Å². The summed E-state index contributed by atoms with van der Waals surface area (Å²) in [5.41, 5.74) is 2.63. The van der Waals surface area contributed by atoms with E-state index in [0.29, 0.717) is 18.1 Å². The lowest BCUT2D eigenvalue weighted by atomic mass is 9.91. The SMILES string of the molecule is CC1COc2ccccc2C1Nc1cc(Br)ccc1C#N. The molecule has 21 heavy (non-hydrogen) atoms. The van der Waals surface area contributed by atoms with Crippen molar-refractivity contribution in [1.82, 2.24) is 0 Å². The van der Waals surface area contributed by atoms with Gasteiger partial charge in [0.15, 0.2) is 0 Å². The van der Waals surface area contributed by atoms with E-state index in [2.05, 4.69) is 40.3 Å². The number of nitrogens with zero attached hydrogens (tertiary/aromatic N) is 1. The molecule has 0 radical (unpaired) electrons. The zero-order valence-corrected chi connectivity index (χ0v) is 13.2. The maximum atomic E-state index is 9.27. The highest BCUT2D eigenvalue weighted by molar-refractivity contribution is 9.10. The molecule has 2 aromatic carbocycles. The number of rotatable bonds is 2. The van der Waals surface area contributed by atoms with Gasteiger partial charge in [-0.3, -0.25) is 0 Å². The molecule has 2 aromatic rings. The predicted molar refractivity (Wildman–Crippen MR) is 86.3 cm³/mol. The highest BCUT2D eigenvalue weighted by atomic mass is 79.9. The largest absolute Gasteiger partial charge is 0.493 e. The van der Waals surface area contributed by atoms with Crippen molar-refractivity contribution in [2.75, 3.05) is 11.9 Å². The zero-order chi connectivity index (χ0) is 14.8. The zero-order valence-electron chi connectivity index (χ0n) is 11.6. The second-order valence-electron chi connectivity index (χ2n) is 5.25. The molecule has 0 aromatic heterocycles. The van der Waals surface area contributed by atoms with Crippen LogP contribution < -0.4 is 10.1 Å². The smallest absolute Gasteiger partial charge is 0.124 e. The van der Waals surface area contributed by atoms with Crippen molar-refractivity contribution in [1.29, 1.82) is 5.26 Å². The van der Waals surface area contributed by atoms with E-state index < -0.39 is 0 Å². The number of para-hydroxylation sites is 1. The Morgan fingerprint density at radius 2 is 2.10 bits per heavy atom. The van der Waals surface area contributed by atoms with Gasteiger partial charge in [0.25, 0.3) is 0 Å². The predicted octanol–water partition coefficient (Wildman–Crippen LogP) is 4.50. The van der Waals surface area contributed by atoms with Crippen molar-refractivity contribution in [2.45, 2.75) is 13.0 Å². The van der Waals surface area contributed by atoms with Crippen LogP contribution in [-0.2, 0) is 0 Å². The summed E-state index contributed by atoms with van der Waals surface area (Å²) in [5.74, 6) is 1.24. The van der Waals surface area contributed by atoms with Crippen LogP contribution in [-0.4, -0.2) is 6.61 Å². The fourth-order valence-corrected chi connectivity index (χ4v) is 2.97. The lowest BCUT2D eigenvalue weighted by Gasteiger charge is -2.33. The van der Waals surface area contributed by atoms with E-state index >= 15 is 0 Å². The lowest BCUT2D eigenvalue weighted by Crippen LogP contribution is -2.29.